The van der Waals surface area contributed by atoms with E-state index in [0.717, 1.165) is 61.1 Å². The number of hydrogen-bond donors (Lipinski definition) is 1. The number of Topliss-reactive ketones (excluding diaryl/α,β-unsaturated/α-hetero) is 1. The lowest BCUT2D eigenvalue weighted by molar-refractivity contribution is 0.0941. The van der Waals surface area contributed by atoms with Gasteiger partial charge in [-0.05, 0) is 56.2 Å². The second-order valence-corrected chi connectivity index (χ2v) is 10.9. The molecule has 1 aliphatic carbocycles. The van der Waals surface area contributed by atoms with Crippen molar-refractivity contribution in [2.24, 2.45) is 11.8 Å². The van der Waals surface area contributed by atoms with E-state index >= 15 is 0 Å². The molecular weight excluding hydrogens is 466 g/mol. The molecule has 0 atom stereocenters. The van der Waals surface area contributed by atoms with Crippen molar-refractivity contribution in [2.75, 3.05) is 25.0 Å². The van der Waals surface area contributed by atoms with Crippen LogP contribution in [0.25, 0.3) is 10.9 Å². The van der Waals surface area contributed by atoms with Crippen LogP contribution in [-0.4, -0.2) is 46.7 Å². The van der Waals surface area contributed by atoms with E-state index in [1.54, 1.807) is 6.20 Å². The lowest BCUT2D eigenvalue weighted by atomic mass is 9.78. The highest BCUT2D eigenvalue weighted by atomic mass is 32.1. The summed E-state index contributed by atoms with van der Waals surface area (Å²) in [6.07, 6.45) is 6.76. The van der Waals surface area contributed by atoms with Gasteiger partial charge in [0.25, 0.3) is 6.43 Å². The van der Waals surface area contributed by atoms with Gasteiger partial charge in [0.1, 0.15) is 0 Å². The fourth-order valence-electron chi connectivity index (χ4n) is 5.49. The third-order valence-electron chi connectivity index (χ3n) is 7.45. The third-order valence-corrected chi connectivity index (χ3v) is 8.57. The molecule has 0 bridgehead atoms. The summed E-state index contributed by atoms with van der Waals surface area (Å²) >= 11 is 1.52. The number of fused-ring (bicyclic) bond motifs is 2. The van der Waals surface area contributed by atoms with Gasteiger partial charge >= 0.3 is 0 Å². The summed E-state index contributed by atoms with van der Waals surface area (Å²) in [4.78, 5) is 25.6. The Labute approximate surface area is 209 Å². The number of pyridine rings is 1. The Morgan fingerprint density at radius 3 is 2.80 bits per heavy atom. The minimum atomic E-state index is -2.36. The average Bonchev–Trinajstić information content (AvgIpc) is 3.29. The number of benzene rings is 1. The van der Waals surface area contributed by atoms with Crippen LogP contribution in [0.4, 0.5) is 13.9 Å². The average molecular weight is 499 g/mol. The predicted molar refractivity (Wildman–Crippen MR) is 136 cm³/mol. The Bertz CT molecular complexity index is 1150. The molecule has 1 N–H and O–H groups in total. The van der Waals surface area contributed by atoms with Crippen molar-refractivity contribution >= 4 is 33.2 Å². The first kappa shape index (κ1) is 24.3. The van der Waals surface area contributed by atoms with E-state index in [0.29, 0.717) is 23.4 Å². The molecule has 0 radical (unpaired) electrons. The van der Waals surface area contributed by atoms with Crippen LogP contribution in [-0.2, 0) is 13.0 Å². The molecular formula is C27H32F2N4OS. The molecule has 3 aromatic rings. The molecule has 1 aliphatic heterocycles. The number of nitrogens with one attached hydrogen (secondary N) is 1. The van der Waals surface area contributed by atoms with Gasteiger partial charge in [0.15, 0.2) is 10.9 Å². The van der Waals surface area contributed by atoms with E-state index in [2.05, 4.69) is 20.2 Å². The zero-order valence-corrected chi connectivity index (χ0v) is 20.7. The molecule has 3 heterocycles. The van der Waals surface area contributed by atoms with Gasteiger partial charge in [0.05, 0.1) is 17.8 Å². The zero-order valence-electron chi connectivity index (χ0n) is 19.9. The number of thiazole rings is 1. The standard InChI is InChI=1S/C27H32F2N4OS/c28-26(29)16-31-27-32-23-17-33(14-11-25(23)35-27)13-10-18-6-8-19(9-7-18)15-24(34)21-3-1-5-22-20(21)4-2-12-30-22/h1-5,12,18-19,26H,6-11,13-17H2,(H,31,32). The van der Waals surface area contributed by atoms with Crippen LogP contribution in [0.1, 0.15) is 59.5 Å². The van der Waals surface area contributed by atoms with Crippen molar-refractivity contribution in [1.82, 2.24) is 14.9 Å². The minimum absolute atomic E-state index is 0.238. The van der Waals surface area contributed by atoms with Crippen molar-refractivity contribution in [3.8, 4) is 0 Å². The Hall–Kier alpha value is -2.45. The first-order chi connectivity index (χ1) is 17.0. The number of nitrogens with zero attached hydrogens (tertiary/aromatic N) is 3. The molecule has 0 spiro atoms. The number of alkyl halides is 2. The Balaban J connectivity index is 1.06. The van der Waals surface area contributed by atoms with Crippen molar-refractivity contribution in [3.63, 3.8) is 0 Å². The Morgan fingerprint density at radius 2 is 1.97 bits per heavy atom. The molecule has 1 fully saturated rings. The maximum atomic E-state index is 13.0. The maximum Gasteiger partial charge on any atom is 0.255 e. The van der Waals surface area contributed by atoms with Crippen molar-refractivity contribution in [2.45, 2.75) is 57.9 Å². The highest BCUT2D eigenvalue weighted by Gasteiger charge is 2.26. The van der Waals surface area contributed by atoms with Gasteiger partial charge in [-0.25, -0.2) is 13.8 Å². The van der Waals surface area contributed by atoms with Gasteiger partial charge in [-0.15, -0.1) is 11.3 Å². The molecule has 0 amide bonds. The third kappa shape index (κ3) is 6.04. The molecule has 5 rings (SSSR count). The molecule has 0 saturated heterocycles. The molecule has 35 heavy (non-hydrogen) atoms. The van der Waals surface area contributed by atoms with Crippen LogP contribution in [0.2, 0.25) is 0 Å². The number of aromatic nitrogens is 2. The van der Waals surface area contributed by atoms with Gasteiger partial charge in [-0.2, -0.15) is 0 Å². The number of anilines is 1. The lowest BCUT2D eigenvalue weighted by Gasteiger charge is -2.31. The van der Waals surface area contributed by atoms with E-state index in [9.17, 15) is 13.6 Å². The molecule has 1 aromatic carbocycles. The number of rotatable bonds is 9. The van der Waals surface area contributed by atoms with E-state index < -0.39 is 6.43 Å². The molecule has 5 nitrogen and oxygen atoms in total. The number of carbonyl (C=O) groups excluding carboxylic acids is 1. The zero-order chi connectivity index (χ0) is 24.2. The largest absolute Gasteiger partial charge is 0.356 e. The Morgan fingerprint density at radius 1 is 1.14 bits per heavy atom. The van der Waals surface area contributed by atoms with Crippen LogP contribution >= 0.6 is 11.3 Å². The number of hydrogen-bond acceptors (Lipinski definition) is 6. The lowest BCUT2D eigenvalue weighted by Crippen LogP contribution is -2.32. The molecule has 0 unspecified atom stereocenters. The normalized spacial score (nSPS) is 20.8. The monoisotopic (exact) mass is 498 g/mol. The van der Waals surface area contributed by atoms with Crippen molar-refractivity contribution < 1.29 is 13.6 Å². The highest BCUT2D eigenvalue weighted by molar-refractivity contribution is 7.15. The predicted octanol–water partition coefficient (Wildman–Crippen LogP) is 6.20. The molecule has 8 heteroatoms. The first-order valence-electron chi connectivity index (χ1n) is 12.6. The van der Waals surface area contributed by atoms with Gasteiger partial charge in [0, 0.05) is 41.5 Å². The quantitative estimate of drug-likeness (QED) is 0.356. The fraction of sp³-hybridized carbons (Fsp3) is 0.519. The van der Waals surface area contributed by atoms with Crippen molar-refractivity contribution in [3.05, 3.63) is 52.7 Å². The summed E-state index contributed by atoms with van der Waals surface area (Å²) in [7, 11) is 0. The minimum Gasteiger partial charge on any atom is -0.356 e. The number of carbonyl (C=O) groups is 1. The summed E-state index contributed by atoms with van der Waals surface area (Å²) in [6.45, 7) is 2.52. The van der Waals surface area contributed by atoms with Crippen LogP contribution in [0, 0.1) is 11.8 Å². The van der Waals surface area contributed by atoms with Gasteiger partial charge in [0.2, 0.25) is 0 Å². The summed E-state index contributed by atoms with van der Waals surface area (Å²) in [6, 6.07) is 9.70. The molecule has 1 saturated carbocycles. The summed E-state index contributed by atoms with van der Waals surface area (Å²) in [5.41, 5.74) is 2.73. The van der Waals surface area contributed by atoms with Gasteiger partial charge in [-0.3, -0.25) is 14.7 Å². The smallest absolute Gasteiger partial charge is 0.255 e. The van der Waals surface area contributed by atoms with E-state index in [1.807, 2.05) is 30.3 Å². The first-order valence-corrected chi connectivity index (χ1v) is 13.5. The van der Waals surface area contributed by atoms with E-state index in [1.165, 1.54) is 35.5 Å². The summed E-state index contributed by atoms with van der Waals surface area (Å²) in [5.74, 6) is 1.42. The molecule has 2 aliphatic rings. The second-order valence-electron chi connectivity index (χ2n) is 9.87. The highest BCUT2D eigenvalue weighted by Crippen LogP contribution is 2.35. The number of halogens is 2. The van der Waals surface area contributed by atoms with E-state index in [4.69, 9.17) is 0 Å². The van der Waals surface area contributed by atoms with E-state index in [-0.39, 0.29) is 12.3 Å². The fourth-order valence-corrected chi connectivity index (χ4v) is 6.46. The Kier molecular flexibility index (Phi) is 7.68. The number of ketones is 1. The van der Waals surface area contributed by atoms with Crippen LogP contribution in [0.3, 0.4) is 0 Å². The van der Waals surface area contributed by atoms with Crippen LogP contribution in [0.5, 0.6) is 0 Å². The van der Waals surface area contributed by atoms with Crippen LogP contribution < -0.4 is 5.32 Å². The summed E-state index contributed by atoms with van der Waals surface area (Å²) in [5, 5.41) is 4.32. The maximum absolute atomic E-state index is 13.0. The molecule has 186 valence electrons. The topological polar surface area (TPSA) is 58.1 Å². The van der Waals surface area contributed by atoms with Gasteiger partial charge < -0.3 is 5.32 Å². The molecule has 2 aromatic heterocycles. The van der Waals surface area contributed by atoms with Crippen molar-refractivity contribution in [1.29, 1.82) is 0 Å². The van der Waals surface area contributed by atoms with Crippen LogP contribution in [0.15, 0.2) is 36.5 Å². The van der Waals surface area contributed by atoms with Gasteiger partial charge in [-0.1, -0.05) is 31.0 Å². The second kappa shape index (κ2) is 11.1. The summed E-state index contributed by atoms with van der Waals surface area (Å²) < 4.78 is 24.9. The SMILES string of the molecule is O=C(CC1CCC(CCN2CCc3sc(NCC(F)F)nc3C2)CC1)c1cccc2ncccc12.